The molecule has 0 bridgehead atoms. The zero-order valence-corrected chi connectivity index (χ0v) is 16.6. The first-order chi connectivity index (χ1) is 14.0. The Bertz CT molecular complexity index is 1270. The van der Waals surface area contributed by atoms with Gasteiger partial charge in [0, 0.05) is 24.8 Å². The van der Waals surface area contributed by atoms with Crippen LogP contribution < -0.4 is 10.0 Å². The normalized spacial score (nSPS) is 14.2. The molecule has 0 radical (unpaired) electrons. The molecule has 1 amide bonds. The Morgan fingerprint density at radius 3 is 2.73 bits per heavy atom. The van der Waals surface area contributed by atoms with Crippen molar-refractivity contribution >= 4 is 38.9 Å². The minimum Gasteiger partial charge on any atom is -0.326 e. The molecule has 3 heterocycles. The molecule has 1 aliphatic rings. The van der Waals surface area contributed by atoms with Crippen LogP contribution in [0.4, 0.5) is 18.9 Å². The number of carbonyl (C=O) groups excluding carboxylic acids is 1. The van der Waals surface area contributed by atoms with Gasteiger partial charge in [0.2, 0.25) is 15.9 Å². The number of carbonyl (C=O) groups is 1. The lowest BCUT2D eigenvalue weighted by Crippen LogP contribution is -2.26. The SMILES string of the molecule is O=C1Cc2cc(S(=O)(=O)NCCc3nnc4c(C(F)(F)F)cc(Cl)cn34)ccc2N1. The van der Waals surface area contributed by atoms with E-state index in [2.05, 4.69) is 20.2 Å². The van der Waals surface area contributed by atoms with Crippen LogP contribution in [0.15, 0.2) is 35.4 Å². The molecule has 0 spiro atoms. The zero-order chi connectivity index (χ0) is 21.7. The molecule has 1 aromatic carbocycles. The lowest BCUT2D eigenvalue weighted by molar-refractivity contribution is -0.136. The Balaban J connectivity index is 1.52. The van der Waals surface area contributed by atoms with E-state index in [4.69, 9.17) is 11.6 Å². The number of hydrogen-bond donors (Lipinski definition) is 2. The first kappa shape index (κ1) is 20.6. The van der Waals surface area contributed by atoms with Crippen molar-refractivity contribution in [2.24, 2.45) is 0 Å². The summed E-state index contributed by atoms with van der Waals surface area (Å²) >= 11 is 5.79. The third-order valence-corrected chi connectivity index (χ3v) is 6.17. The second kappa shape index (κ2) is 7.22. The molecule has 13 heteroatoms. The van der Waals surface area contributed by atoms with Gasteiger partial charge in [-0.1, -0.05) is 11.6 Å². The van der Waals surface area contributed by atoms with Gasteiger partial charge in [0.25, 0.3) is 0 Å². The van der Waals surface area contributed by atoms with Gasteiger partial charge in [0.05, 0.1) is 16.3 Å². The van der Waals surface area contributed by atoms with Crippen LogP contribution in [0.2, 0.25) is 5.02 Å². The van der Waals surface area contributed by atoms with Gasteiger partial charge >= 0.3 is 6.18 Å². The van der Waals surface area contributed by atoms with Gasteiger partial charge in [-0.25, -0.2) is 13.1 Å². The van der Waals surface area contributed by atoms with Crippen LogP contribution in [0.5, 0.6) is 0 Å². The maximum absolute atomic E-state index is 13.2. The van der Waals surface area contributed by atoms with E-state index in [1.54, 1.807) is 0 Å². The number of aromatic nitrogens is 3. The molecule has 0 unspecified atom stereocenters. The van der Waals surface area contributed by atoms with E-state index in [0.29, 0.717) is 11.3 Å². The lowest BCUT2D eigenvalue weighted by Gasteiger charge is -2.10. The second-order valence-corrected chi connectivity index (χ2v) is 8.77. The van der Waals surface area contributed by atoms with Gasteiger partial charge in [-0.3, -0.25) is 9.20 Å². The fraction of sp³-hybridized carbons (Fsp3) is 0.235. The smallest absolute Gasteiger partial charge is 0.326 e. The van der Waals surface area contributed by atoms with E-state index in [9.17, 15) is 26.4 Å². The summed E-state index contributed by atoms with van der Waals surface area (Å²) in [5.74, 6) is -0.104. The third kappa shape index (κ3) is 3.85. The van der Waals surface area contributed by atoms with Crippen molar-refractivity contribution in [1.29, 1.82) is 0 Å². The minimum absolute atomic E-state index is 0.0220. The molecule has 0 aliphatic carbocycles. The van der Waals surface area contributed by atoms with Gasteiger partial charge in [-0.05, 0) is 29.8 Å². The van der Waals surface area contributed by atoms with Gasteiger partial charge in [-0.2, -0.15) is 13.2 Å². The Morgan fingerprint density at radius 2 is 2.00 bits per heavy atom. The molecule has 3 aromatic rings. The average Bonchev–Trinajstić information content (AvgIpc) is 3.21. The zero-order valence-electron chi connectivity index (χ0n) is 15.0. The van der Waals surface area contributed by atoms with Crippen LogP contribution in [0.25, 0.3) is 5.65 Å². The molecule has 1 aliphatic heterocycles. The summed E-state index contributed by atoms with van der Waals surface area (Å²) in [5, 5.41) is 9.75. The van der Waals surface area contributed by atoms with Crippen molar-refractivity contribution in [1.82, 2.24) is 19.3 Å². The molecule has 2 N–H and O–H groups in total. The number of rotatable bonds is 5. The first-order valence-corrected chi connectivity index (χ1v) is 10.4. The number of nitrogens with zero attached hydrogens (tertiary/aromatic N) is 3. The number of hydrogen-bond acceptors (Lipinski definition) is 5. The highest BCUT2D eigenvalue weighted by Gasteiger charge is 2.35. The number of fused-ring (bicyclic) bond motifs is 2. The number of pyridine rings is 1. The largest absolute Gasteiger partial charge is 0.420 e. The van der Waals surface area contributed by atoms with E-state index >= 15 is 0 Å². The van der Waals surface area contributed by atoms with Crippen LogP contribution in [0.3, 0.4) is 0 Å². The van der Waals surface area contributed by atoms with E-state index in [0.717, 1.165) is 10.5 Å². The van der Waals surface area contributed by atoms with Crippen LogP contribution >= 0.6 is 11.6 Å². The summed E-state index contributed by atoms with van der Waals surface area (Å²) in [5.41, 5.74) is -0.317. The highest BCUT2D eigenvalue weighted by Crippen LogP contribution is 2.33. The lowest BCUT2D eigenvalue weighted by atomic mass is 10.2. The molecule has 0 fully saturated rings. The van der Waals surface area contributed by atoms with Gasteiger partial charge < -0.3 is 5.32 Å². The van der Waals surface area contributed by atoms with Gasteiger partial charge in [-0.15, -0.1) is 10.2 Å². The number of sulfonamides is 1. The van der Waals surface area contributed by atoms with Crippen LogP contribution in [-0.2, 0) is 33.8 Å². The molecular weight excluding hydrogens is 447 g/mol. The Kier molecular flexibility index (Phi) is 4.95. The summed E-state index contributed by atoms with van der Waals surface area (Å²) in [6, 6.07) is 5.01. The number of halogens is 4. The standard InChI is InChI=1S/C17H13ClF3N5O3S/c18-10-7-12(17(19,20)21)16-25-24-14(26(16)8-10)3-4-22-30(28,29)11-1-2-13-9(5-11)6-15(27)23-13/h1-2,5,7-8,22H,3-4,6H2,(H,23,27). The molecule has 30 heavy (non-hydrogen) atoms. The van der Waals surface area contributed by atoms with Gasteiger partial charge in [0.1, 0.15) is 11.4 Å². The predicted molar refractivity (Wildman–Crippen MR) is 101 cm³/mol. The molecule has 4 rings (SSSR count). The molecule has 8 nitrogen and oxygen atoms in total. The fourth-order valence-electron chi connectivity index (χ4n) is 3.14. The summed E-state index contributed by atoms with van der Waals surface area (Å²) in [4.78, 5) is 11.4. The maximum atomic E-state index is 13.2. The molecular formula is C17H13ClF3N5O3S. The van der Waals surface area contributed by atoms with Crippen molar-refractivity contribution in [2.75, 3.05) is 11.9 Å². The number of amides is 1. The summed E-state index contributed by atoms with van der Waals surface area (Å²) < 4.78 is 68.0. The van der Waals surface area contributed by atoms with Crippen molar-refractivity contribution in [3.63, 3.8) is 0 Å². The van der Waals surface area contributed by atoms with Crippen molar-refractivity contribution in [3.05, 3.63) is 52.4 Å². The molecule has 2 aromatic heterocycles. The quantitative estimate of drug-likeness (QED) is 0.609. The Hall–Kier alpha value is -2.70. The Labute approximate surface area is 173 Å². The van der Waals surface area contributed by atoms with Crippen LogP contribution in [0.1, 0.15) is 17.0 Å². The van der Waals surface area contributed by atoms with E-state index in [-0.39, 0.29) is 41.0 Å². The Morgan fingerprint density at radius 1 is 1.23 bits per heavy atom. The van der Waals surface area contributed by atoms with Crippen molar-refractivity contribution < 1.29 is 26.4 Å². The van der Waals surface area contributed by atoms with E-state index < -0.39 is 27.4 Å². The maximum Gasteiger partial charge on any atom is 0.420 e. The summed E-state index contributed by atoms with van der Waals surface area (Å²) in [7, 11) is -3.90. The van der Waals surface area contributed by atoms with Crippen LogP contribution in [0, 0.1) is 0 Å². The number of alkyl halides is 3. The minimum atomic E-state index is -4.66. The molecule has 0 saturated heterocycles. The molecule has 0 saturated carbocycles. The van der Waals surface area contributed by atoms with Crippen molar-refractivity contribution in [2.45, 2.75) is 23.9 Å². The highest BCUT2D eigenvalue weighted by molar-refractivity contribution is 7.89. The molecule has 158 valence electrons. The number of nitrogens with one attached hydrogen (secondary N) is 2. The summed E-state index contributed by atoms with van der Waals surface area (Å²) in [6.07, 6.45) is -3.36. The first-order valence-electron chi connectivity index (χ1n) is 8.57. The third-order valence-electron chi connectivity index (χ3n) is 4.50. The fourth-order valence-corrected chi connectivity index (χ4v) is 4.43. The number of benzene rings is 1. The number of anilines is 1. The monoisotopic (exact) mass is 459 g/mol. The van der Waals surface area contributed by atoms with Crippen LogP contribution in [-0.4, -0.2) is 35.5 Å². The van der Waals surface area contributed by atoms with Crippen molar-refractivity contribution in [3.8, 4) is 0 Å². The van der Waals surface area contributed by atoms with E-state index in [1.165, 1.54) is 24.4 Å². The van der Waals surface area contributed by atoms with Gasteiger partial charge in [0.15, 0.2) is 5.65 Å². The predicted octanol–water partition coefficient (Wildman–Crippen LogP) is 2.42. The average molecular weight is 460 g/mol. The summed E-state index contributed by atoms with van der Waals surface area (Å²) in [6.45, 7) is -0.134. The topological polar surface area (TPSA) is 105 Å². The van der Waals surface area contributed by atoms with E-state index in [1.807, 2.05) is 0 Å². The highest BCUT2D eigenvalue weighted by atomic mass is 35.5. The second-order valence-electron chi connectivity index (χ2n) is 6.57. The molecule has 0 atom stereocenters.